The second-order valence-electron chi connectivity index (χ2n) is 3.40. The van der Waals surface area contributed by atoms with E-state index in [1.807, 2.05) is 0 Å². The Morgan fingerprint density at radius 2 is 2.29 bits per heavy atom. The van der Waals surface area contributed by atoms with Crippen molar-refractivity contribution in [2.45, 2.75) is 19.1 Å². The van der Waals surface area contributed by atoms with Crippen LogP contribution in [0, 0.1) is 5.82 Å². The molecule has 0 bridgehead atoms. The Morgan fingerprint density at radius 3 is 2.82 bits per heavy atom. The van der Waals surface area contributed by atoms with Crippen molar-refractivity contribution in [2.24, 2.45) is 5.73 Å². The van der Waals surface area contributed by atoms with Crippen LogP contribution in [0.25, 0.3) is 0 Å². The van der Waals surface area contributed by atoms with Gasteiger partial charge < -0.3 is 15.6 Å². The Bertz CT molecular complexity index is 414. The van der Waals surface area contributed by atoms with Gasteiger partial charge in [0.1, 0.15) is 18.0 Å². The van der Waals surface area contributed by atoms with Gasteiger partial charge >= 0.3 is 5.97 Å². The first-order chi connectivity index (χ1) is 7.97. The molecule has 0 saturated heterocycles. The van der Waals surface area contributed by atoms with Gasteiger partial charge in [0.2, 0.25) is 0 Å². The van der Waals surface area contributed by atoms with Crippen LogP contribution in [0.2, 0.25) is 5.02 Å². The fourth-order valence-corrected chi connectivity index (χ4v) is 1.39. The molecule has 4 nitrogen and oxygen atoms in total. The van der Waals surface area contributed by atoms with Gasteiger partial charge in [-0.3, -0.25) is 4.79 Å². The molecule has 0 radical (unpaired) electrons. The van der Waals surface area contributed by atoms with Crippen molar-refractivity contribution < 1.29 is 19.0 Å². The average molecular weight is 262 g/mol. The van der Waals surface area contributed by atoms with Gasteiger partial charge in [-0.2, -0.15) is 0 Å². The monoisotopic (exact) mass is 261 g/mol. The Hall–Kier alpha value is -1.17. The number of carbonyl (C=O) groups excluding carboxylic acids is 1. The molecule has 3 N–H and O–H groups in total. The van der Waals surface area contributed by atoms with Gasteiger partial charge in [-0.1, -0.05) is 17.7 Å². The van der Waals surface area contributed by atoms with E-state index >= 15 is 0 Å². The van der Waals surface area contributed by atoms with Crippen LogP contribution in [0.4, 0.5) is 4.39 Å². The molecular weight excluding hydrogens is 249 g/mol. The number of hydrogen-bond acceptors (Lipinski definition) is 4. The summed E-state index contributed by atoms with van der Waals surface area (Å²) >= 11 is 5.50. The second kappa shape index (κ2) is 5.95. The number of carbonyl (C=O) groups is 1. The molecule has 1 aromatic carbocycles. The van der Waals surface area contributed by atoms with E-state index in [2.05, 4.69) is 4.74 Å². The lowest BCUT2D eigenvalue weighted by atomic mass is 10.0. The van der Waals surface area contributed by atoms with Crippen molar-refractivity contribution in [3.63, 3.8) is 0 Å². The summed E-state index contributed by atoms with van der Waals surface area (Å²) in [5.74, 6) is -1.42. The number of hydrogen-bond donors (Lipinski definition) is 2. The molecule has 2 atom stereocenters. The Balaban J connectivity index is 2.84. The fraction of sp³-hybridized carbons (Fsp3) is 0.364. The van der Waals surface area contributed by atoms with Crippen LogP contribution in [0.5, 0.6) is 0 Å². The number of aliphatic hydroxyl groups is 1. The predicted molar refractivity (Wildman–Crippen MR) is 61.0 cm³/mol. The number of esters is 1. The van der Waals surface area contributed by atoms with Crippen molar-refractivity contribution >= 4 is 17.6 Å². The van der Waals surface area contributed by atoms with E-state index in [0.29, 0.717) is 0 Å². The average Bonchev–Trinajstić information content (AvgIpc) is 2.31. The lowest BCUT2D eigenvalue weighted by Gasteiger charge is -2.17. The summed E-state index contributed by atoms with van der Waals surface area (Å²) < 4.78 is 17.8. The van der Waals surface area contributed by atoms with Gasteiger partial charge in [-0.25, -0.2) is 4.39 Å². The van der Waals surface area contributed by atoms with Crippen molar-refractivity contribution in [1.29, 1.82) is 0 Å². The molecule has 0 unspecified atom stereocenters. The van der Waals surface area contributed by atoms with Crippen molar-refractivity contribution in [1.82, 2.24) is 0 Å². The van der Waals surface area contributed by atoms with Gasteiger partial charge in [-0.15, -0.1) is 0 Å². The molecular formula is C11H13ClFNO3. The molecule has 0 spiro atoms. The highest BCUT2D eigenvalue weighted by Gasteiger charge is 2.25. The zero-order valence-electron chi connectivity index (χ0n) is 9.19. The summed E-state index contributed by atoms with van der Waals surface area (Å²) in [4.78, 5) is 11.3. The van der Waals surface area contributed by atoms with E-state index < -0.39 is 23.9 Å². The molecule has 6 heteroatoms. The molecule has 0 aliphatic heterocycles. The van der Waals surface area contributed by atoms with E-state index in [4.69, 9.17) is 17.3 Å². The number of benzene rings is 1. The standard InChI is InChI=1S/C11H13ClFNO3/c1-2-17-11(16)9(14)10(15)6-3-4-7(12)8(13)5-6/h3-5,9-10,15H,2,14H2,1H3/t9-,10+/m1/s1. The number of nitrogens with two attached hydrogens (primary N) is 1. The molecule has 94 valence electrons. The Labute approximate surface area is 103 Å². The molecule has 0 aliphatic rings. The third-order valence-corrected chi connectivity index (χ3v) is 2.49. The largest absolute Gasteiger partial charge is 0.465 e. The van der Waals surface area contributed by atoms with Gasteiger partial charge in [0.05, 0.1) is 11.6 Å². The molecule has 0 fully saturated rings. The smallest absolute Gasteiger partial charge is 0.325 e. The highest BCUT2D eigenvalue weighted by molar-refractivity contribution is 6.30. The summed E-state index contributed by atoms with van der Waals surface area (Å²) in [5, 5.41) is 9.70. The zero-order chi connectivity index (χ0) is 13.0. The topological polar surface area (TPSA) is 72.5 Å². The molecule has 0 heterocycles. The summed E-state index contributed by atoms with van der Waals surface area (Å²) in [7, 11) is 0. The number of halogens is 2. The van der Waals surface area contributed by atoms with Crippen LogP contribution in [0.15, 0.2) is 18.2 Å². The van der Waals surface area contributed by atoms with Crippen LogP contribution in [0.3, 0.4) is 0 Å². The minimum absolute atomic E-state index is 0.0642. The van der Waals surface area contributed by atoms with Crippen LogP contribution < -0.4 is 5.73 Å². The molecule has 1 aromatic rings. The first kappa shape index (κ1) is 13.9. The quantitative estimate of drug-likeness (QED) is 0.804. The fourth-order valence-electron chi connectivity index (χ4n) is 1.27. The maximum absolute atomic E-state index is 13.2. The van der Waals surface area contributed by atoms with Crippen molar-refractivity contribution in [3.05, 3.63) is 34.6 Å². The summed E-state index contributed by atoms with van der Waals surface area (Å²) in [6.07, 6.45) is -1.33. The van der Waals surface area contributed by atoms with E-state index in [1.165, 1.54) is 12.1 Å². The second-order valence-corrected chi connectivity index (χ2v) is 3.80. The minimum Gasteiger partial charge on any atom is -0.465 e. The molecule has 0 amide bonds. The van der Waals surface area contributed by atoms with E-state index in [0.717, 1.165) is 6.07 Å². The molecule has 17 heavy (non-hydrogen) atoms. The molecule has 0 aromatic heterocycles. The van der Waals surface area contributed by atoms with Gasteiger partial charge in [0.15, 0.2) is 0 Å². The Morgan fingerprint density at radius 1 is 1.65 bits per heavy atom. The van der Waals surface area contributed by atoms with Crippen LogP contribution >= 0.6 is 11.6 Å². The van der Waals surface area contributed by atoms with E-state index in [-0.39, 0.29) is 17.2 Å². The van der Waals surface area contributed by atoms with Crippen molar-refractivity contribution in [3.8, 4) is 0 Å². The Kier molecular flexibility index (Phi) is 4.86. The molecule has 1 rings (SSSR count). The van der Waals surface area contributed by atoms with E-state index in [1.54, 1.807) is 6.92 Å². The highest BCUT2D eigenvalue weighted by Crippen LogP contribution is 2.22. The van der Waals surface area contributed by atoms with Crippen molar-refractivity contribution in [2.75, 3.05) is 6.61 Å². The summed E-state index contributed by atoms with van der Waals surface area (Å²) in [6.45, 7) is 1.78. The normalized spacial score (nSPS) is 14.2. The van der Waals surface area contributed by atoms with Gasteiger partial charge in [0.25, 0.3) is 0 Å². The maximum Gasteiger partial charge on any atom is 0.325 e. The van der Waals surface area contributed by atoms with Crippen LogP contribution in [-0.4, -0.2) is 23.7 Å². The summed E-state index contributed by atoms with van der Waals surface area (Å²) in [5.41, 5.74) is 5.66. The summed E-state index contributed by atoms with van der Waals surface area (Å²) in [6, 6.07) is 2.46. The SMILES string of the molecule is CCOC(=O)[C@H](N)[C@@H](O)c1ccc(Cl)c(F)c1. The van der Waals surface area contributed by atoms with Crippen LogP contribution in [-0.2, 0) is 9.53 Å². The molecule has 0 saturated carbocycles. The minimum atomic E-state index is -1.33. The predicted octanol–water partition coefficient (Wildman–Crippen LogP) is 1.40. The lowest BCUT2D eigenvalue weighted by Crippen LogP contribution is -2.38. The number of ether oxygens (including phenoxy) is 1. The molecule has 0 aliphatic carbocycles. The third kappa shape index (κ3) is 3.39. The first-order valence-electron chi connectivity index (χ1n) is 5.02. The van der Waals surface area contributed by atoms with Gasteiger partial charge in [0, 0.05) is 0 Å². The first-order valence-corrected chi connectivity index (χ1v) is 5.40. The highest BCUT2D eigenvalue weighted by atomic mass is 35.5. The maximum atomic E-state index is 13.2. The number of aliphatic hydroxyl groups excluding tert-OH is 1. The lowest BCUT2D eigenvalue weighted by molar-refractivity contribution is -0.147. The zero-order valence-corrected chi connectivity index (χ0v) is 9.95. The van der Waals surface area contributed by atoms with Gasteiger partial charge in [-0.05, 0) is 24.6 Å². The number of rotatable bonds is 4. The third-order valence-electron chi connectivity index (χ3n) is 2.18. The van der Waals surface area contributed by atoms with E-state index in [9.17, 15) is 14.3 Å². The van der Waals surface area contributed by atoms with Crippen LogP contribution in [0.1, 0.15) is 18.6 Å².